The van der Waals surface area contributed by atoms with Gasteiger partial charge in [0.05, 0.1) is 7.11 Å². The average molecular weight is 290 g/mol. The number of hydrogen-bond donors (Lipinski definition) is 1. The molecule has 0 aromatic heterocycles. The summed E-state index contributed by atoms with van der Waals surface area (Å²) < 4.78 is 11.3. The van der Waals surface area contributed by atoms with Gasteiger partial charge < -0.3 is 15.2 Å². The highest BCUT2D eigenvalue weighted by Gasteiger charge is 2.27. The van der Waals surface area contributed by atoms with Gasteiger partial charge >= 0.3 is 0 Å². The number of halogens is 1. The molecule has 0 spiro atoms. The molecule has 20 heavy (non-hydrogen) atoms. The van der Waals surface area contributed by atoms with E-state index in [2.05, 4.69) is 0 Å². The van der Waals surface area contributed by atoms with Crippen molar-refractivity contribution in [1.29, 1.82) is 0 Å². The fourth-order valence-electron chi connectivity index (χ4n) is 2.49. The number of benzene rings is 2. The molecular weight excluding hydrogens is 274 g/mol. The van der Waals surface area contributed by atoms with Crippen LogP contribution in [0.5, 0.6) is 11.5 Å². The van der Waals surface area contributed by atoms with E-state index in [-0.39, 0.29) is 12.1 Å². The van der Waals surface area contributed by atoms with E-state index in [1.807, 2.05) is 42.5 Å². The summed E-state index contributed by atoms with van der Waals surface area (Å²) in [6.07, 6.45) is 0.697. The maximum atomic E-state index is 6.25. The summed E-state index contributed by atoms with van der Waals surface area (Å²) in [5, 5.41) is 0.718. The Morgan fingerprint density at radius 2 is 1.95 bits per heavy atom. The highest BCUT2D eigenvalue weighted by molar-refractivity contribution is 6.30. The van der Waals surface area contributed by atoms with E-state index >= 15 is 0 Å². The molecule has 0 saturated heterocycles. The SMILES string of the molecule is COc1ccc2c(c1)OC(c1ccc(Cl)cc1)CC2N. The lowest BCUT2D eigenvalue weighted by Gasteiger charge is -2.30. The molecular formula is C16H16ClNO2. The van der Waals surface area contributed by atoms with Crippen LogP contribution in [0.3, 0.4) is 0 Å². The summed E-state index contributed by atoms with van der Waals surface area (Å²) >= 11 is 5.92. The largest absolute Gasteiger partial charge is 0.497 e. The van der Waals surface area contributed by atoms with Crippen LogP contribution in [0.4, 0.5) is 0 Å². The van der Waals surface area contributed by atoms with E-state index in [1.54, 1.807) is 7.11 Å². The van der Waals surface area contributed by atoms with Crippen molar-refractivity contribution in [1.82, 2.24) is 0 Å². The summed E-state index contributed by atoms with van der Waals surface area (Å²) in [6, 6.07) is 13.4. The molecule has 0 bridgehead atoms. The molecule has 2 atom stereocenters. The molecule has 1 aliphatic heterocycles. The zero-order valence-corrected chi connectivity index (χ0v) is 11.9. The van der Waals surface area contributed by atoms with Crippen LogP contribution in [-0.2, 0) is 0 Å². The maximum Gasteiger partial charge on any atom is 0.128 e. The van der Waals surface area contributed by atoms with E-state index in [0.717, 1.165) is 34.1 Å². The second kappa shape index (κ2) is 5.35. The van der Waals surface area contributed by atoms with Gasteiger partial charge in [0, 0.05) is 29.1 Å². The van der Waals surface area contributed by atoms with Gasteiger partial charge in [-0.1, -0.05) is 29.8 Å². The number of fused-ring (bicyclic) bond motifs is 1. The van der Waals surface area contributed by atoms with Crippen LogP contribution in [0.15, 0.2) is 42.5 Å². The van der Waals surface area contributed by atoms with Gasteiger partial charge in [0.1, 0.15) is 17.6 Å². The van der Waals surface area contributed by atoms with E-state index in [0.29, 0.717) is 0 Å². The summed E-state index contributed by atoms with van der Waals surface area (Å²) in [6.45, 7) is 0. The quantitative estimate of drug-likeness (QED) is 0.913. The van der Waals surface area contributed by atoms with E-state index in [9.17, 15) is 0 Å². The van der Waals surface area contributed by atoms with Crippen molar-refractivity contribution in [2.24, 2.45) is 5.73 Å². The number of ether oxygens (including phenoxy) is 2. The zero-order chi connectivity index (χ0) is 14.1. The van der Waals surface area contributed by atoms with Crippen molar-refractivity contribution in [3.63, 3.8) is 0 Å². The lowest BCUT2D eigenvalue weighted by Crippen LogP contribution is -2.24. The summed E-state index contributed by atoms with van der Waals surface area (Å²) in [5.74, 6) is 1.57. The summed E-state index contributed by atoms with van der Waals surface area (Å²) in [5.41, 5.74) is 8.35. The van der Waals surface area contributed by atoms with Crippen molar-refractivity contribution in [2.75, 3.05) is 7.11 Å². The van der Waals surface area contributed by atoms with Crippen molar-refractivity contribution in [3.8, 4) is 11.5 Å². The Bertz CT molecular complexity index is 612. The number of hydrogen-bond acceptors (Lipinski definition) is 3. The van der Waals surface area contributed by atoms with Crippen LogP contribution < -0.4 is 15.2 Å². The van der Waals surface area contributed by atoms with Gasteiger partial charge in [-0.25, -0.2) is 0 Å². The molecule has 1 aliphatic rings. The van der Waals surface area contributed by atoms with Gasteiger partial charge in [0.25, 0.3) is 0 Å². The minimum atomic E-state index is -0.0538. The molecule has 2 N–H and O–H groups in total. The Hall–Kier alpha value is -1.71. The Morgan fingerprint density at radius 1 is 1.20 bits per heavy atom. The van der Waals surface area contributed by atoms with Gasteiger partial charge in [-0.3, -0.25) is 0 Å². The molecule has 2 aromatic rings. The molecule has 104 valence electrons. The first-order valence-electron chi connectivity index (χ1n) is 6.53. The average Bonchev–Trinajstić information content (AvgIpc) is 2.47. The normalized spacial score (nSPS) is 20.9. The molecule has 3 rings (SSSR count). The molecule has 1 heterocycles. The molecule has 0 amide bonds. The van der Waals surface area contributed by atoms with Crippen LogP contribution in [0.25, 0.3) is 0 Å². The monoisotopic (exact) mass is 289 g/mol. The fourth-order valence-corrected chi connectivity index (χ4v) is 2.62. The van der Waals surface area contributed by atoms with Crippen molar-refractivity contribution in [2.45, 2.75) is 18.6 Å². The van der Waals surface area contributed by atoms with Gasteiger partial charge in [0.15, 0.2) is 0 Å². The third kappa shape index (κ3) is 2.47. The molecule has 0 aliphatic carbocycles. The predicted octanol–water partition coefficient (Wildman–Crippen LogP) is 3.87. The highest BCUT2D eigenvalue weighted by atomic mass is 35.5. The first-order chi connectivity index (χ1) is 9.67. The van der Waals surface area contributed by atoms with Crippen molar-refractivity contribution < 1.29 is 9.47 Å². The minimum absolute atomic E-state index is 0.0367. The smallest absolute Gasteiger partial charge is 0.128 e. The van der Waals surface area contributed by atoms with Crippen LogP contribution in [0.1, 0.15) is 29.7 Å². The van der Waals surface area contributed by atoms with Crippen LogP contribution >= 0.6 is 11.6 Å². The van der Waals surface area contributed by atoms with E-state index < -0.39 is 0 Å². The third-order valence-corrected chi connectivity index (χ3v) is 3.85. The second-order valence-electron chi connectivity index (χ2n) is 4.90. The van der Waals surface area contributed by atoms with Crippen LogP contribution in [-0.4, -0.2) is 7.11 Å². The molecule has 0 radical (unpaired) electrons. The van der Waals surface area contributed by atoms with Gasteiger partial charge in [-0.2, -0.15) is 0 Å². The van der Waals surface area contributed by atoms with Crippen LogP contribution in [0, 0.1) is 0 Å². The Morgan fingerprint density at radius 3 is 2.65 bits per heavy atom. The predicted molar refractivity (Wildman–Crippen MR) is 79.4 cm³/mol. The molecule has 0 saturated carbocycles. The van der Waals surface area contributed by atoms with Crippen molar-refractivity contribution in [3.05, 3.63) is 58.6 Å². The molecule has 4 heteroatoms. The number of rotatable bonds is 2. The Balaban J connectivity index is 1.92. The number of nitrogens with two attached hydrogens (primary N) is 1. The Labute approximate surface area is 123 Å². The first kappa shape index (κ1) is 13.3. The van der Waals surface area contributed by atoms with E-state index in [4.69, 9.17) is 26.8 Å². The number of methoxy groups -OCH3 is 1. The first-order valence-corrected chi connectivity index (χ1v) is 6.91. The molecule has 0 fully saturated rings. The molecule has 2 unspecified atom stereocenters. The molecule has 2 aromatic carbocycles. The van der Waals surface area contributed by atoms with Gasteiger partial charge in [-0.05, 0) is 23.8 Å². The summed E-state index contributed by atoms with van der Waals surface area (Å²) in [4.78, 5) is 0. The fraction of sp³-hybridized carbons (Fsp3) is 0.250. The standard InChI is InChI=1S/C16H16ClNO2/c1-19-12-6-7-13-14(18)9-15(20-16(13)8-12)10-2-4-11(17)5-3-10/h2-8,14-15H,9,18H2,1H3. The zero-order valence-electron chi connectivity index (χ0n) is 11.2. The second-order valence-corrected chi connectivity index (χ2v) is 5.34. The maximum absolute atomic E-state index is 6.25. The topological polar surface area (TPSA) is 44.5 Å². The minimum Gasteiger partial charge on any atom is -0.497 e. The lowest BCUT2D eigenvalue weighted by molar-refractivity contribution is 0.161. The Kier molecular flexibility index (Phi) is 3.55. The van der Waals surface area contributed by atoms with E-state index in [1.165, 1.54) is 0 Å². The van der Waals surface area contributed by atoms with Crippen molar-refractivity contribution >= 4 is 11.6 Å². The highest BCUT2D eigenvalue weighted by Crippen LogP contribution is 2.41. The lowest BCUT2D eigenvalue weighted by atomic mass is 9.93. The van der Waals surface area contributed by atoms with Crippen LogP contribution in [0.2, 0.25) is 5.02 Å². The van der Waals surface area contributed by atoms with Gasteiger partial charge in [0.2, 0.25) is 0 Å². The summed E-state index contributed by atoms with van der Waals surface area (Å²) in [7, 11) is 1.64. The van der Waals surface area contributed by atoms with Gasteiger partial charge in [-0.15, -0.1) is 0 Å². The molecule has 3 nitrogen and oxygen atoms in total. The third-order valence-electron chi connectivity index (χ3n) is 3.60.